The molecule has 1 aliphatic heterocycles. The van der Waals surface area contributed by atoms with Crippen LogP contribution in [0.5, 0.6) is 0 Å². The monoisotopic (exact) mass is 166 g/mol. The normalized spacial score (nSPS) is 29.5. The molecule has 11 heavy (non-hydrogen) atoms. The third-order valence-electron chi connectivity index (χ3n) is 1.84. The maximum Gasteiger partial charge on any atom is 0.0629 e. The van der Waals surface area contributed by atoms with Crippen LogP contribution in [0.15, 0.2) is 24.4 Å². The zero-order chi connectivity index (χ0) is 7.68. The second-order valence-electron chi connectivity index (χ2n) is 2.67. The summed E-state index contributed by atoms with van der Waals surface area (Å²) in [5, 5.41) is 0.441. The van der Waals surface area contributed by atoms with Gasteiger partial charge in [0.25, 0.3) is 0 Å². The van der Waals surface area contributed by atoms with E-state index in [9.17, 15) is 0 Å². The van der Waals surface area contributed by atoms with Crippen molar-refractivity contribution in [2.24, 2.45) is 5.73 Å². The van der Waals surface area contributed by atoms with Crippen molar-refractivity contribution in [1.82, 2.24) is 4.98 Å². The van der Waals surface area contributed by atoms with Gasteiger partial charge in [0.2, 0.25) is 0 Å². The summed E-state index contributed by atoms with van der Waals surface area (Å²) in [5.74, 6) is 1.07. The summed E-state index contributed by atoms with van der Waals surface area (Å²) in [4.78, 5) is 4.25. The lowest BCUT2D eigenvalue weighted by molar-refractivity contribution is 0.672. The van der Waals surface area contributed by atoms with Gasteiger partial charge in [0.15, 0.2) is 0 Å². The molecule has 2 rings (SSSR count). The van der Waals surface area contributed by atoms with Crippen LogP contribution in [-0.2, 0) is 0 Å². The first-order valence-corrected chi connectivity index (χ1v) is 4.71. The Kier molecular flexibility index (Phi) is 1.84. The molecule has 58 valence electrons. The number of aromatic nitrogens is 1. The highest BCUT2D eigenvalue weighted by Crippen LogP contribution is 2.40. The molecule has 0 aromatic carbocycles. The zero-order valence-corrected chi connectivity index (χ0v) is 6.92. The number of hydrogen-bond acceptors (Lipinski definition) is 3. The van der Waals surface area contributed by atoms with Crippen LogP contribution >= 0.6 is 11.8 Å². The number of pyridine rings is 1. The Morgan fingerprint density at radius 2 is 2.45 bits per heavy atom. The largest absolute Gasteiger partial charge is 0.326 e. The van der Waals surface area contributed by atoms with Crippen LogP contribution < -0.4 is 5.73 Å². The molecule has 1 aromatic heterocycles. The van der Waals surface area contributed by atoms with Gasteiger partial charge in [0.1, 0.15) is 0 Å². The molecule has 0 bridgehead atoms. The molecule has 0 radical (unpaired) electrons. The van der Waals surface area contributed by atoms with Gasteiger partial charge in [-0.25, -0.2) is 0 Å². The van der Waals surface area contributed by atoms with Gasteiger partial charge in [0, 0.05) is 18.0 Å². The van der Waals surface area contributed by atoms with Crippen LogP contribution in [0.3, 0.4) is 0 Å². The van der Waals surface area contributed by atoms with Crippen molar-refractivity contribution in [3.8, 4) is 0 Å². The Balaban J connectivity index is 2.17. The summed E-state index contributed by atoms with van der Waals surface area (Å²) in [6.45, 7) is 0. The van der Waals surface area contributed by atoms with Crippen molar-refractivity contribution in [2.45, 2.75) is 11.3 Å². The van der Waals surface area contributed by atoms with Crippen LogP contribution in [0.1, 0.15) is 10.9 Å². The molecule has 3 heteroatoms. The van der Waals surface area contributed by atoms with Crippen molar-refractivity contribution >= 4 is 11.8 Å². The summed E-state index contributed by atoms with van der Waals surface area (Å²) in [6, 6.07) is 6.29. The highest BCUT2D eigenvalue weighted by Gasteiger charge is 2.30. The molecule has 1 aliphatic rings. The Morgan fingerprint density at radius 1 is 1.55 bits per heavy atom. The molecule has 2 atom stereocenters. The van der Waals surface area contributed by atoms with Crippen molar-refractivity contribution < 1.29 is 0 Å². The van der Waals surface area contributed by atoms with Gasteiger partial charge in [0.05, 0.1) is 10.9 Å². The summed E-state index contributed by atoms with van der Waals surface area (Å²) in [5.41, 5.74) is 6.92. The van der Waals surface area contributed by atoms with E-state index in [1.54, 1.807) is 0 Å². The first-order chi connectivity index (χ1) is 5.38. The van der Waals surface area contributed by atoms with Gasteiger partial charge in [-0.3, -0.25) is 4.98 Å². The van der Waals surface area contributed by atoms with Gasteiger partial charge in [-0.05, 0) is 12.1 Å². The molecule has 2 heterocycles. The molecule has 0 aliphatic carbocycles. The first kappa shape index (κ1) is 7.13. The third kappa shape index (κ3) is 1.26. The molecule has 1 fully saturated rings. The van der Waals surface area contributed by atoms with E-state index in [0.717, 1.165) is 11.4 Å². The average molecular weight is 166 g/mol. The standard InChI is InChI=1S/C8H10N2S/c9-6-5-11-8(6)7-3-1-2-4-10-7/h1-4,6,8H,5,9H2. The van der Waals surface area contributed by atoms with Gasteiger partial charge in [-0.2, -0.15) is 0 Å². The van der Waals surface area contributed by atoms with Crippen molar-refractivity contribution in [1.29, 1.82) is 0 Å². The molecular formula is C8H10N2S. The van der Waals surface area contributed by atoms with E-state index in [2.05, 4.69) is 4.98 Å². The Labute approximate surface area is 70.2 Å². The van der Waals surface area contributed by atoms with Crippen molar-refractivity contribution in [3.63, 3.8) is 0 Å². The minimum Gasteiger partial charge on any atom is -0.326 e. The molecule has 0 spiro atoms. The molecule has 0 saturated carbocycles. The molecule has 1 saturated heterocycles. The van der Waals surface area contributed by atoms with Gasteiger partial charge < -0.3 is 5.73 Å². The summed E-state index contributed by atoms with van der Waals surface area (Å²) < 4.78 is 0. The fraction of sp³-hybridized carbons (Fsp3) is 0.375. The van der Waals surface area contributed by atoms with E-state index in [1.807, 2.05) is 36.2 Å². The number of rotatable bonds is 1. The highest BCUT2D eigenvalue weighted by molar-refractivity contribution is 8.01. The number of thioether (sulfide) groups is 1. The summed E-state index contributed by atoms with van der Waals surface area (Å²) in [6.07, 6.45) is 1.82. The lowest BCUT2D eigenvalue weighted by Gasteiger charge is -2.32. The van der Waals surface area contributed by atoms with Gasteiger partial charge in [-0.1, -0.05) is 6.07 Å². The van der Waals surface area contributed by atoms with E-state index in [-0.39, 0.29) is 0 Å². The third-order valence-corrected chi connectivity index (χ3v) is 3.36. The van der Waals surface area contributed by atoms with Gasteiger partial charge >= 0.3 is 0 Å². The Morgan fingerprint density at radius 3 is 2.91 bits per heavy atom. The molecule has 0 amide bonds. The molecule has 2 unspecified atom stereocenters. The summed E-state index contributed by atoms with van der Waals surface area (Å²) in [7, 11) is 0. The lowest BCUT2D eigenvalue weighted by atomic mass is 10.1. The second kappa shape index (κ2) is 2.83. The minimum atomic E-state index is 0.315. The topological polar surface area (TPSA) is 38.9 Å². The SMILES string of the molecule is NC1CSC1c1ccccn1. The Bertz CT molecular complexity index is 237. The zero-order valence-electron chi connectivity index (χ0n) is 6.10. The van der Waals surface area contributed by atoms with E-state index >= 15 is 0 Å². The number of nitrogens with two attached hydrogens (primary N) is 1. The second-order valence-corrected chi connectivity index (χ2v) is 3.85. The maximum atomic E-state index is 5.79. The average Bonchev–Trinajstić information content (AvgIpc) is 2.04. The highest BCUT2D eigenvalue weighted by atomic mass is 32.2. The van der Waals surface area contributed by atoms with Crippen molar-refractivity contribution in [3.05, 3.63) is 30.1 Å². The quantitative estimate of drug-likeness (QED) is 0.681. The van der Waals surface area contributed by atoms with E-state index in [4.69, 9.17) is 5.73 Å². The van der Waals surface area contributed by atoms with E-state index in [0.29, 0.717) is 11.3 Å². The van der Waals surface area contributed by atoms with E-state index in [1.165, 1.54) is 0 Å². The molecule has 2 nitrogen and oxygen atoms in total. The molecular weight excluding hydrogens is 156 g/mol. The van der Waals surface area contributed by atoms with Gasteiger partial charge in [-0.15, -0.1) is 11.8 Å². The fourth-order valence-electron chi connectivity index (χ4n) is 1.15. The van der Waals surface area contributed by atoms with Crippen LogP contribution in [0.4, 0.5) is 0 Å². The number of hydrogen-bond donors (Lipinski definition) is 1. The smallest absolute Gasteiger partial charge is 0.0629 e. The Hall–Kier alpha value is -0.540. The predicted molar refractivity (Wildman–Crippen MR) is 47.4 cm³/mol. The lowest BCUT2D eigenvalue weighted by Crippen LogP contribution is -2.38. The molecule has 2 N–H and O–H groups in total. The van der Waals surface area contributed by atoms with Crippen LogP contribution in [0, 0.1) is 0 Å². The fourth-order valence-corrected chi connectivity index (χ4v) is 2.07. The number of nitrogens with zero attached hydrogens (tertiary/aromatic N) is 1. The predicted octanol–water partition coefficient (Wildman–Crippen LogP) is 1.20. The minimum absolute atomic E-state index is 0.315. The molecule has 1 aromatic rings. The summed E-state index contributed by atoms with van der Waals surface area (Å²) >= 11 is 1.88. The van der Waals surface area contributed by atoms with Crippen molar-refractivity contribution in [2.75, 3.05) is 5.75 Å². The first-order valence-electron chi connectivity index (χ1n) is 3.66. The van der Waals surface area contributed by atoms with Crippen LogP contribution in [0.2, 0.25) is 0 Å². The van der Waals surface area contributed by atoms with Crippen LogP contribution in [-0.4, -0.2) is 16.8 Å². The van der Waals surface area contributed by atoms with E-state index < -0.39 is 0 Å². The maximum absolute atomic E-state index is 5.79. The van der Waals surface area contributed by atoms with Crippen LogP contribution in [0.25, 0.3) is 0 Å².